The van der Waals surface area contributed by atoms with Gasteiger partial charge in [0.25, 0.3) is 5.91 Å². The van der Waals surface area contributed by atoms with Gasteiger partial charge in [-0.3, -0.25) is 4.79 Å². The molecule has 1 saturated heterocycles. The fourth-order valence-electron chi connectivity index (χ4n) is 2.50. The Morgan fingerprint density at radius 1 is 1.40 bits per heavy atom. The van der Waals surface area contributed by atoms with Gasteiger partial charge in [-0.1, -0.05) is 6.07 Å². The van der Waals surface area contributed by atoms with Crippen LogP contribution in [0.1, 0.15) is 23.2 Å². The van der Waals surface area contributed by atoms with E-state index in [2.05, 4.69) is 5.32 Å². The highest BCUT2D eigenvalue weighted by atomic mass is 35.5. The lowest BCUT2D eigenvalue weighted by Crippen LogP contribution is -2.46. The average molecular weight is 298 g/mol. The zero-order chi connectivity index (χ0) is 13.8. The van der Waals surface area contributed by atoms with E-state index in [1.165, 1.54) is 0 Å². The molecule has 1 fully saturated rings. The molecule has 1 unspecified atom stereocenters. The van der Waals surface area contributed by atoms with Crippen LogP contribution in [0.2, 0.25) is 0 Å². The lowest BCUT2D eigenvalue weighted by molar-refractivity contribution is 0.0698. The van der Waals surface area contributed by atoms with E-state index in [0.717, 1.165) is 37.2 Å². The molecule has 1 aromatic rings. The van der Waals surface area contributed by atoms with E-state index in [1.54, 1.807) is 0 Å². The van der Waals surface area contributed by atoms with Crippen molar-refractivity contribution in [2.45, 2.75) is 18.9 Å². The third-order valence-corrected chi connectivity index (χ3v) is 3.73. The molecule has 2 rings (SSSR count). The van der Waals surface area contributed by atoms with E-state index in [9.17, 15) is 4.79 Å². The summed E-state index contributed by atoms with van der Waals surface area (Å²) in [5.41, 5.74) is 1.84. The summed E-state index contributed by atoms with van der Waals surface area (Å²) in [5.74, 6) is 0.142. The van der Waals surface area contributed by atoms with Crippen molar-refractivity contribution < 1.29 is 4.79 Å². The third-order valence-electron chi connectivity index (χ3n) is 3.73. The predicted molar refractivity (Wildman–Crippen MR) is 86.0 cm³/mol. The maximum absolute atomic E-state index is 12.5. The molecule has 0 saturated carbocycles. The minimum absolute atomic E-state index is 0. The molecule has 1 atom stereocenters. The Morgan fingerprint density at radius 2 is 2.15 bits per heavy atom. The summed E-state index contributed by atoms with van der Waals surface area (Å²) in [4.78, 5) is 16.5. The summed E-state index contributed by atoms with van der Waals surface area (Å²) < 4.78 is 0. The molecular formula is C15H24ClN3O. The summed E-state index contributed by atoms with van der Waals surface area (Å²) in [5, 5.41) is 3.27. The minimum Gasteiger partial charge on any atom is -0.378 e. The molecule has 1 amide bonds. The lowest BCUT2D eigenvalue weighted by atomic mass is 10.0. The molecule has 0 aromatic heterocycles. The molecule has 4 nitrogen and oxygen atoms in total. The van der Waals surface area contributed by atoms with Gasteiger partial charge >= 0.3 is 0 Å². The van der Waals surface area contributed by atoms with Gasteiger partial charge in [0.15, 0.2) is 0 Å². The van der Waals surface area contributed by atoms with Crippen molar-refractivity contribution in [2.75, 3.05) is 39.1 Å². The topological polar surface area (TPSA) is 35.6 Å². The molecule has 1 aliphatic heterocycles. The van der Waals surface area contributed by atoms with E-state index in [1.807, 2.05) is 55.2 Å². The van der Waals surface area contributed by atoms with Crippen molar-refractivity contribution >= 4 is 24.0 Å². The van der Waals surface area contributed by atoms with Gasteiger partial charge in [-0.25, -0.2) is 0 Å². The predicted octanol–water partition coefficient (Wildman–Crippen LogP) is 2.00. The second-order valence-corrected chi connectivity index (χ2v) is 5.32. The third kappa shape index (κ3) is 3.87. The van der Waals surface area contributed by atoms with Crippen molar-refractivity contribution in [1.29, 1.82) is 0 Å². The Morgan fingerprint density at radius 3 is 2.80 bits per heavy atom. The summed E-state index contributed by atoms with van der Waals surface area (Å²) in [6.07, 6.45) is 2.22. The number of anilines is 1. The van der Waals surface area contributed by atoms with Gasteiger partial charge in [-0.15, -0.1) is 12.4 Å². The number of halogens is 1. The molecule has 0 aliphatic carbocycles. The van der Waals surface area contributed by atoms with Crippen LogP contribution in [0.3, 0.4) is 0 Å². The molecule has 1 aromatic carbocycles. The first-order chi connectivity index (χ1) is 9.11. The maximum atomic E-state index is 12.5. The summed E-state index contributed by atoms with van der Waals surface area (Å²) in [6.45, 7) is 1.67. The first kappa shape index (κ1) is 16.8. The van der Waals surface area contributed by atoms with Crippen molar-refractivity contribution in [3.05, 3.63) is 29.8 Å². The summed E-state index contributed by atoms with van der Waals surface area (Å²) >= 11 is 0. The number of benzene rings is 1. The van der Waals surface area contributed by atoms with Crippen LogP contribution >= 0.6 is 12.4 Å². The molecule has 1 N–H and O–H groups in total. The molecule has 20 heavy (non-hydrogen) atoms. The number of likely N-dealkylation sites (tertiary alicyclic amines) is 1. The Bertz CT molecular complexity index is 450. The Kier molecular flexibility index (Phi) is 6.30. The van der Waals surface area contributed by atoms with Crippen LogP contribution < -0.4 is 10.2 Å². The monoisotopic (exact) mass is 297 g/mol. The van der Waals surface area contributed by atoms with E-state index in [4.69, 9.17) is 0 Å². The highest BCUT2D eigenvalue weighted by molar-refractivity contribution is 5.95. The molecular weight excluding hydrogens is 274 g/mol. The summed E-state index contributed by atoms with van der Waals surface area (Å²) in [7, 11) is 5.94. The number of hydrogen-bond acceptors (Lipinski definition) is 3. The summed E-state index contributed by atoms with van der Waals surface area (Å²) in [6, 6.07) is 8.25. The highest BCUT2D eigenvalue weighted by Gasteiger charge is 2.23. The molecule has 1 aliphatic rings. The lowest BCUT2D eigenvalue weighted by Gasteiger charge is -2.32. The van der Waals surface area contributed by atoms with Crippen molar-refractivity contribution in [3.63, 3.8) is 0 Å². The van der Waals surface area contributed by atoms with Crippen LogP contribution in [0.4, 0.5) is 5.69 Å². The van der Waals surface area contributed by atoms with E-state index >= 15 is 0 Å². The van der Waals surface area contributed by atoms with Gasteiger partial charge < -0.3 is 15.1 Å². The van der Waals surface area contributed by atoms with Gasteiger partial charge in [-0.2, -0.15) is 0 Å². The first-order valence-corrected chi connectivity index (χ1v) is 6.85. The Hall–Kier alpha value is -1.26. The number of carbonyl (C=O) groups is 1. The number of nitrogens with one attached hydrogen (secondary N) is 1. The van der Waals surface area contributed by atoms with E-state index < -0.39 is 0 Å². The SMILES string of the molecule is CNC1CCCN(C(=O)c2cccc(N(C)C)c2)C1.Cl. The van der Waals surface area contributed by atoms with Gasteiger partial charge in [0.05, 0.1) is 0 Å². The second kappa shape index (κ2) is 7.50. The van der Waals surface area contributed by atoms with Crippen molar-refractivity contribution in [1.82, 2.24) is 10.2 Å². The fourth-order valence-corrected chi connectivity index (χ4v) is 2.50. The average Bonchev–Trinajstić information content (AvgIpc) is 2.46. The molecule has 0 radical (unpaired) electrons. The highest BCUT2D eigenvalue weighted by Crippen LogP contribution is 2.17. The quantitative estimate of drug-likeness (QED) is 0.927. The molecule has 5 heteroatoms. The van der Waals surface area contributed by atoms with Crippen molar-refractivity contribution in [2.24, 2.45) is 0 Å². The van der Waals surface area contributed by atoms with Gasteiger partial charge in [0.1, 0.15) is 0 Å². The minimum atomic E-state index is 0. The number of nitrogens with zero attached hydrogens (tertiary/aromatic N) is 2. The molecule has 0 spiro atoms. The van der Waals surface area contributed by atoms with Gasteiger partial charge in [0.2, 0.25) is 0 Å². The van der Waals surface area contributed by atoms with Crippen LogP contribution in [0.25, 0.3) is 0 Å². The van der Waals surface area contributed by atoms with Crippen molar-refractivity contribution in [3.8, 4) is 0 Å². The fraction of sp³-hybridized carbons (Fsp3) is 0.533. The van der Waals surface area contributed by atoms with E-state index in [-0.39, 0.29) is 18.3 Å². The van der Waals surface area contributed by atoms with Crippen LogP contribution in [-0.2, 0) is 0 Å². The maximum Gasteiger partial charge on any atom is 0.253 e. The first-order valence-electron chi connectivity index (χ1n) is 6.85. The van der Waals surface area contributed by atoms with Gasteiger partial charge in [0, 0.05) is 44.5 Å². The van der Waals surface area contributed by atoms with Gasteiger partial charge in [-0.05, 0) is 38.1 Å². The zero-order valence-corrected chi connectivity index (χ0v) is 13.2. The number of likely N-dealkylation sites (N-methyl/N-ethyl adjacent to an activating group) is 1. The molecule has 112 valence electrons. The smallest absolute Gasteiger partial charge is 0.253 e. The Labute approximate surface area is 127 Å². The number of hydrogen-bond donors (Lipinski definition) is 1. The largest absolute Gasteiger partial charge is 0.378 e. The number of amides is 1. The van der Waals surface area contributed by atoms with Crippen LogP contribution in [0.15, 0.2) is 24.3 Å². The molecule has 1 heterocycles. The van der Waals surface area contributed by atoms with Crippen LogP contribution in [0.5, 0.6) is 0 Å². The molecule has 0 bridgehead atoms. The normalized spacial score (nSPS) is 18.4. The zero-order valence-electron chi connectivity index (χ0n) is 12.4. The number of piperidine rings is 1. The number of rotatable bonds is 3. The standard InChI is InChI=1S/C15H23N3O.ClH/c1-16-13-7-5-9-18(11-13)15(19)12-6-4-8-14(10-12)17(2)3;/h4,6,8,10,13,16H,5,7,9,11H2,1-3H3;1H. The Balaban J connectivity index is 0.00000200. The van der Waals surface area contributed by atoms with E-state index in [0.29, 0.717) is 6.04 Å². The number of carbonyl (C=O) groups excluding carboxylic acids is 1. The second-order valence-electron chi connectivity index (χ2n) is 5.32. The van der Waals surface area contributed by atoms with Crippen LogP contribution in [-0.4, -0.2) is 51.1 Å². The van der Waals surface area contributed by atoms with Crippen LogP contribution in [0, 0.1) is 0 Å².